The van der Waals surface area contributed by atoms with Crippen molar-refractivity contribution in [3.63, 3.8) is 0 Å². The number of aliphatic hydroxyl groups is 1. The summed E-state index contributed by atoms with van der Waals surface area (Å²) < 4.78 is 68.4. The van der Waals surface area contributed by atoms with Gasteiger partial charge in [0.25, 0.3) is 0 Å². The van der Waals surface area contributed by atoms with Crippen molar-refractivity contribution in [3.8, 4) is 0 Å². The second kappa shape index (κ2) is 70.1. The van der Waals surface area contributed by atoms with Gasteiger partial charge in [0.1, 0.15) is 19.3 Å². The summed E-state index contributed by atoms with van der Waals surface area (Å²) in [5.41, 5.74) is 0. The van der Waals surface area contributed by atoms with Gasteiger partial charge in [-0.1, -0.05) is 356 Å². The average molecular weight is 1410 g/mol. The highest BCUT2D eigenvalue weighted by atomic mass is 31.2. The lowest BCUT2D eigenvalue weighted by molar-refractivity contribution is -0.161. The zero-order valence-electron chi connectivity index (χ0n) is 62.5. The largest absolute Gasteiger partial charge is 0.472 e. The summed E-state index contributed by atoms with van der Waals surface area (Å²) in [5, 5.41) is 10.6. The molecule has 0 aliphatic rings. The van der Waals surface area contributed by atoms with Crippen LogP contribution in [0.1, 0.15) is 407 Å². The number of aliphatic hydroxyl groups excluding tert-OH is 1. The highest BCUT2D eigenvalue weighted by Crippen LogP contribution is 2.45. The summed E-state index contributed by atoms with van der Waals surface area (Å²) in [4.78, 5) is 72.7. The molecule has 0 radical (unpaired) electrons. The Morgan fingerprint density at radius 2 is 0.479 bits per heavy atom. The molecule has 19 heteroatoms. The molecule has 2 unspecified atom stereocenters. The second-order valence-corrected chi connectivity index (χ2v) is 31.1. The first-order chi connectivity index (χ1) is 46.5. The van der Waals surface area contributed by atoms with Crippen LogP contribution in [0.5, 0.6) is 0 Å². The van der Waals surface area contributed by atoms with Gasteiger partial charge in [0.15, 0.2) is 12.2 Å². The van der Waals surface area contributed by atoms with Crippen LogP contribution in [-0.4, -0.2) is 96.7 Å². The van der Waals surface area contributed by atoms with E-state index in [1.54, 1.807) is 0 Å². The minimum Gasteiger partial charge on any atom is -0.462 e. The van der Waals surface area contributed by atoms with E-state index < -0.39 is 97.5 Å². The van der Waals surface area contributed by atoms with Crippen LogP contribution < -0.4 is 0 Å². The summed E-state index contributed by atoms with van der Waals surface area (Å²) in [7, 11) is -9.91. The molecular weight excluding hydrogens is 1260 g/mol. The number of rotatable bonds is 77. The van der Waals surface area contributed by atoms with Crippen molar-refractivity contribution < 1.29 is 80.2 Å². The molecule has 3 N–H and O–H groups in total. The summed E-state index contributed by atoms with van der Waals surface area (Å²) in [6.07, 6.45) is 60.0. The zero-order chi connectivity index (χ0) is 70.5. The lowest BCUT2D eigenvalue weighted by Gasteiger charge is -2.21. The molecule has 0 spiro atoms. The molecular formula is C77H150O17P2. The Hall–Kier alpha value is -1.94. The van der Waals surface area contributed by atoms with Crippen molar-refractivity contribution in [2.75, 3.05) is 39.6 Å². The van der Waals surface area contributed by atoms with E-state index in [2.05, 4.69) is 34.6 Å². The number of phosphoric acid groups is 2. The molecule has 5 atom stereocenters. The molecule has 0 heterocycles. The number of unbranched alkanes of at least 4 members (excludes halogenated alkanes) is 49. The Kier molecular flexibility index (Phi) is 68.7. The molecule has 17 nitrogen and oxygen atoms in total. The standard InChI is InChI=1S/C77H150O17P2/c1-6-9-12-15-18-21-23-25-27-29-31-32-34-36-38-40-42-47-52-57-62-76(81)93-72(67-88-75(80)61-56-51-46-41-39-37-35-33-30-28-26-24-22-19-16-13-10-7-2)68-91-95(83,84)89-64-71(78)65-90-96(85,86)92-69-73(66-87-74(79)60-55-50-45-20-17-14-11-8-3)94-77(82)63-58-53-48-43-44-49-54-59-70(4)5/h70-73,78H,6-69H2,1-5H3,(H,83,84)(H,85,86)/t71-,72-,73-/m1/s1. The first kappa shape index (κ1) is 94.1. The minimum atomic E-state index is -4.96. The molecule has 0 bridgehead atoms. The lowest BCUT2D eigenvalue weighted by Crippen LogP contribution is -2.30. The average Bonchev–Trinajstić information content (AvgIpc) is 1.68. The molecule has 0 saturated carbocycles. The minimum absolute atomic E-state index is 0.104. The predicted molar refractivity (Wildman–Crippen MR) is 391 cm³/mol. The maximum Gasteiger partial charge on any atom is 0.472 e. The first-order valence-corrected chi connectivity index (χ1v) is 43.1. The van der Waals surface area contributed by atoms with E-state index >= 15 is 0 Å². The smallest absolute Gasteiger partial charge is 0.462 e. The fraction of sp³-hybridized carbons (Fsp3) is 0.948. The first-order valence-electron chi connectivity index (χ1n) is 40.1. The molecule has 0 aromatic rings. The van der Waals surface area contributed by atoms with Gasteiger partial charge in [-0.25, -0.2) is 9.13 Å². The topological polar surface area (TPSA) is 237 Å². The number of hydrogen-bond acceptors (Lipinski definition) is 15. The number of carbonyl (C=O) groups excluding carboxylic acids is 4. The summed E-state index contributed by atoms with van der Waals surface area (Å²) in [6, 6.07) is 0. The van der Waals surface area contributed by atoms with Gasteiger partial charge in [-0.05, 0) is 31.6 Å². The van der Waals surface area contributed by atoms with Crippen molar-refractivity contribution in [1.82, 2.24) is 0 Å². The van der Waals surface area contributed by atoms with E-state index in [0.29, 0.717) is 31.6 Å². The van der Waals surface area contributed by atoms with Gasteiger partial charge >= 0.3 is 39.5 Å². The number of hydrogen-bond donors (Lipinski definition) is 3. The van der Waals surface area contributed by atoms with Crippen molar-refractivity contribution in [3.05, 3.63) is 0 Å². The molecule has 570 valence electrons. The van der Waals surface area contributed by atoms with Gasteiger partial charge < -0.3 is 33.8 Å². The van der Waals surface area contributed by atoms with E-state index in [1.165, 1.54) is 225 Å². The third-order valence-electron chi connectivity index (χ3n) is 18.0. The molecule has 0 aromatic carbocycles. The Labute approximate surface area is 588 Å². The van der Waals surface area contributed by atoms with E-state index in [4.69, 9.17) is 37.0 Å². The molecule has 0 amide bonds. The van der Waals surface area contributed by atoms with E-state index in [9.17, 15) is 43.2 Å². The number of carbonyl (C=O) groups is 4. The quantitative estimate of drug-likeness (QED) is 0.0222. The van der Waals surface area contributed by atoms with Gasteiger partial charge in [0.05, 0.1) is 26.4 Å². The van der Waals surface area contributed by atoms with Crippen LogP contribution in [-0.2, 0) is 65.4 Å². The SMILES string of the molecule is CCCCCCCCCCCCCCCCCCCCCCC(=O)O[C@H](COC(=O)CCCCCCCCCCCCCCCCCCCC)COP(=O)(O)OC[C@@H](O)COP(=O)(O)OC[C@@H](COC(=O)CCCCCCCCCC)OC(=O)CCCCCCCCCC(C)C. The van der Waals surface area contributed by atoms with Crippen LogP contribution in [0.2, 0.25) is 0 Å². The Balaban J connectivity index is 5.17. The molecule has 0 aliphatic heterocycles. The summed E-state index contributed by atoms with van der Waals surface area (Å²) >= 11 is 0. The Morgan fingerprint density at radius 3 is 0.708 bits per heavy atom. The van der Waals surface area contributed by atoms with E-state index in [0.717, 1.165) is 96.3 Å². The maximum absolute atomic E-state index is 13.1. The zero-order valence-corrected chi connectivity index (χ0v) is 64.3. The number of ether oxygens (including phenoxy) is 4. The van der Waals surface area contributed by atoms with Crippen molar-refractivity contribution >= 4 is 39.5 Å². The van der Waals surface area contributed by atoms with E-state index in [1.807, 2.05) is 0 Å². The maximum atomic E-state index is 13.1. The molecule has 0 saturated heterocycles. The Bertz CT molecular complexity index is 1840. The third kappa shape index (κ3) is 70.5. The van der Waals surface area contributed by atoms with Crippen LogP contribution in [0.4, 0.5) is 0 Å². The van der Waals surface area contributed by atoms with Crippen LogP contribution in [0.15, 0.2) is 0 Å². The summed E-state index contributed by atoms with van der Waals surface area (Å²) in [5.74, 6) is -1.42. The third-order valence-corrected chi connectivity index (χ3v) is 19.9. The molecule has 0 aromatic heterocycles. The van der Waals surface area contributed by atoms with Crippen LogP contribution in [0.3, 0.4) is 0 Å². The molecule has 0 aliphatic carbocycles. The van der Waals surface area contributed by atoms with Crippen LogP contribution >= 0.6 is 15.6 Å². The lowest BCUT2D eigenvalue weighted by atomic mass is 10.0. The van der Waals surface area contributed by atoms with Gasteiger partial charge in [-0.2, -0.15) is 0 Å². The monoisotopic (exact) mass is 1410 g/mol. The number of phosphoric ester groups is 2. The van der Waals surface area contributed by atoms with Gasteiger partial charge in [0, 0.05) is 25.7 Å². The highest BCUT2D eigenvalue weighted by Gasteiger charge is 2.30. The van der Waals surface area contributed by atoms with Gasteiger partial charge in [-0.15, -0.1) is 0 Å². The van der Waals surface area contributed by atoms with Gasteiger partial charge in [-0.3, -0.25) is 37.3 Å². The normalized spacial score (nSPS) is 13.9. The Morgan fingerprint density at radius 1 is 0.281 bits per heavy atom. The van der Waals surface area contributed by atoms with Crippen molar-refractivity contribution in [2.45, 2.75) is 425 Å². The fourth-order valence-corrected chi connectivity index (χ4v) is 13.5. The molecule has 96 heavy (non-hydrogen) atoms. The van der Waals surface area contributed by atoms with Crippen LogP contribution in [0, 0.1) is 5.92 Å². The van der Waals surface area contributed by atoms with Crippen molar-refractivity contribution in [2.24, 2.45) is 5.92 Å². The van der Waals surface area contributed by atoms with Crippen LogP contribution in [0.25, 0.3) is 0 Å². The second-order valence-electron chi connectivity index (χ2n) is 28.2. The summed E-state index contributed by atoms with van der Waals surface area (Å²) in [6.45, 7) is 7.20. The van der Waals surface area contributed by atoms with Crippen molar-refractivity contribution in [1.29, 1.82) is 0 Å². The molecule has 0 rings (SSSR count). The predicted octanol–water partition coefficient (Wildman–Crippen LogP) is 22.9. The number of esters is 4. The highest BCUT2D eigenvalue weighted by molar-refractivity contribution is 7.47. The molecule has 0 fully saturated rings. The fourth-order valence-electron chi connectivity index (χ4n) is 11.9. The van der Waals surface area contributed by atoms with E-state index in [-0.39, 0.29) is 25.7 Å². The van der Waals surface area contributed by atoms with Gasteiger partial charge in [0.2, 0.25) is 0 Å².